The lowest BCUT2D eigenvalue weighted by Crippen LogP contribution is -2.54. The van der Waals surface area contributed by atoms with Gasteiger partial charge >= 0.3 is 0 Å². The van der Waals surface area contributed by atoms with E-state index < -0.39 is 10.7 Å². The summed E-state index contributed by atoms with van der Waals surface area (Å²) in [5.41, 5.74) is 0.336. The molecule has 2 aromatic carbocycles. The summed E-state index contributed by atoms with van der Waals surface area (Å²) in [7, 11) is 0. The molecule has 0 spiro atoms. The molecule has 2 heterocycles. The van der Waals surface area contributed by atoms with Crippen LogP contribution in [-0.4, -0.2) is 51.4 Å². The van der Waals surface area contributed by atoms with Crippen LogP contribution in [0.15, 0.2) is 54.9 Å². The first-order valence-corrected chi connectivity index (χ1v) is 10.4. The molecule has 1 amide bonds. The number of benzene rings is 2. The second kappa shape index (κ2) is 9.37. The van der Waals surface area contributed by atoms with E-state index in [0.29, 0.717) is 31.0 Å². The zero-order valence-corrected chi connectivity index (χ0v) is 18.3. The number of ether oxygens (including phenoxy) is 1. The minimum absolute atomic E-state index is 0.0619. The van der Waals surface area contributed by atoms with Crippen LogP contribution in [0.1, 0.15) is 17.3 Å². The summed E-state index contributed by atoms with van der Waals surface area (Å²) in [5, 5.41) is 11.0. The Morgan fingerprint density at radius 2 is 1.94 bits per heavy atom. The van der Waals surface area contributed by atoms with E-state index in [2.05, 4.69) is 9.97 Å². The minimum Gasteiger partial charge on any atom is -0.437 e. The predicted molar refractivity (Wildman–Crippen MR) is 119 cm³/mol. The van der Waals surface area contributed by atoms with Crippen LogP contribution in [-0.2, 0) is 0 Å². The van der Waals surface area contributed by atoms with E-state index in [1.54, 1.807) is 11.0 Å². The maximum Gasteiger partial charge on any atom is 0.269 e. The van der Waals surface area contributed by atoms with Crippen LogP contribution in [0.2, 0.25) is 5.02 Å². The highest BCUT2D eigenvalue weighted by Crippen LogP contribution is 2.30. The number of carbonyl (C=O) groups excluding carboxylic acids is 1. The molecule has 9 nitrogen and oxygen atoms in total. The molecule has 33 heavy (non-hydrogen) atoms. The van der Waals surface area contributed by atoms with Crippen LogP contribution in [0.3, 0.4) is 0 Å². The van der Waals surface area contributed by atoms with Crippen molar-refractivity contribution in [1.29, 1.82) is 0 Å². The van der Waals surface area contributed by atoms with Gasteiger partial charge in [-0.05, 0) is 37.3 Å². The zero-order valence-electron chi connectivity index (χ0n) is 17.5. The van der Waals surface area contributed by atoms with Gasteiger partial charge in [0.1, 0.15) is 23.7 Å². The molecule has 1 aliphatic heterocycles. The molecular formula is C22H19ClFN5O4. The van der Waals surface area contributed by atoms with Crippen molar-refractivity contribution in [2.24, 2.45) is 0 Å². The Hall–Kier alpha value is -3.79. The second-order valence-corrected chi connectivity index (χ2v) is 7.90. The van der Waals surface area contributed by atoms with E-state index in [1.165, 1.54) is 42.7 Å². The van der Waals surface area contributed by atoms with Gasteiger partial charge in [-0.15, -0.1) is 0 Å². The number of nitro groups is 1. The van der Waals surface area contributed by atoms with Crippen molar-refractivity contribution in [3.05, 3.63) is 81.4 Å². The van der Waals surface area contributed by atoms with Crippen LogP contribution < -0.4 is 9.64 Å². The Labute approximate surface area is 193 Å². The minimum atomic E-state index is -0.501. The van der Waals surface area contributed by atoms with Crippen molar-refractivity contribution in [3.8, 4) is 11.6 Å². The van der Waals surface area contributed by atoms with Gasteiger partial charge in [-0.2, -0.15) is 0 Å². The van der Waals surface area contributed by atoms with E-state index in [4.69, 9.17) is 16.3 Å². The van der Waals surface area contributed by atoms with Crippen LogP contribution >= 0.6 is 11.6 Å². The molecule has 1 aliphatic rings. The molecule has 4 rings (SSSR count). The summed E-state index contributed by atoms with van der Waals surface area (Å²) >= 11 is 6.02. The van der Waals surface area contributed by atoms with Gasteiger partial charge in [0.05, 0.1) is 9.95 Å². The molecule has 0 aliphatic carbocycles. The van der Waals surface area contributed by atoms with E-state index in [-0.39, 0.29) is 34.3 Å². The van der Waals surface area contributed by atoms with Gasteiger partial charge in [0, 0.05) is 49.4 Å². The lowest BCUT2D eigenvalue weighted by Gasteiger charge is -2.40. The molecule has 0 radical (unpaired) electrons. The van der Waals surface area contributed by atoms with Gasteiger partial charge in [0.25, 0.3) is 11.6 Å². The maximum absolute atomic E-state index is 13.2. The fraction of sp³-hybridized carbons (Fsp3) is 0.227. The topological polar surface area (TPSA) is 102 Å². The number of aromatic nitrogens is 2. The van der Waals surface area contributed by atoms with Gasteiger partial charge in [0.2, 0.25) is 5.88 Å². The zero-order chi connectivity index (χ0) is 23.5. The first-order valence-electron chi connectivity index (χ1n) is 10.1. The highest BCUT2D eigenvalue weighted by atomic mass is 35.5. The Morgan fingerprint density at radius 3 is 2.61 bits per heavy atom. The molecule has 0 bridgehead atoms. The van der Waals surface area contributed by atoms with Crippen molar-refractivity contribution in [2.75, 3.05) is 24.5 Å². The molecule has 1 unspecified atom stereocenters. The average Bonchev–Trinajstić information content (AvgIpc) is 2.80. The number of carbonyl (C=O) groups is 1. The third kappa shape index (κ3) is 5.01. The number of anilines is 1. The van der Waals surface area contributed by atoms with Crippen molar-refractivity contribution >= 4 is 29.0 Å². The van der Waals surface area contributed by atoms with Gasteiger partial charge in [-0.25, -0.2) is 14.4 Å². The quantitative estimate of drug-likeness (QED) is 0.403. The van der Waals surface area contributed by atoms with Crippen LogP contribution in [0, 0.1) is 15.9 Å². The second-order valence-electron chi connectivity index (χ2n) is 7.49. The maximum atomic E-state index is 13.2. The Morgan fingerprint density at radius 1 is 1.18 bits per heavy atom. The standard InChI is InChI=1S/C22H19ClFN5O4/c1-14-12-27(8-9-28(14)22(30)15-2-5-17(6-3-15)29(31)32)20-11-21(26-13-25-20)33-19-7-4-16(24)10-18(19)23/h2-7,10-11,13-14H,8-9,12H2,1H3. The number of nitrogens with zero attached hydrogens (tertiary/aromatic N) is 5. The summed E-state index contributed by atoms with van der Waals surface area (Å²) in [6, 6.07) is 10.9. The number of halogens is 2. The lowest BCUT2D eigenvalue weighted by atomic mass is 10.1. The van der Waals surface area contributed by atoms with E-state index in [0.717, 1.165) is 6.07 Å². The average molecular weight is 472 g/mol. The monoisotopic (exact) mass is 471 g/mol. The number of rotatable bonds is 5. The number of hydrogen-bond acceptors (Lipinski definition) is 7. The highest BCUT2D eigenvalue weighted by molar-refractivity contribution is 6.32. The summed E-state index contributed by atoms with van der Waals surface area (Å²) in [6.07, 6.45) is 1.36. The fourth-order valence-electron chi connectivity index (χ4n) is 3.59. The summed E-state index contributed by atoms with van der Waals surface area (Å²) in [6.45, 7) is 3.41. The number of amides is 1. The van der Waals surface area contributed by atoms with E-state index in [9.17, 15) is 19.3 Å². The highest BCUT2D eigenvalue weighted by Gasteiger charge is 2.29. The molecule has 1 aromatic heterocycles. The van der Waals surface area contributed by atoms with Crippen molar-refractivity contribution < 1.29 is 18.8 Å². The summed E-state index contributed by atoms with van der Waals surface area (Å²) < 4.78 is 18.9. The molecule has 1 saturated heterocycles. The van der Waals surface area contributed by atoms with E-state index >= 15 is 0 Å². The predicted octanol–water partition coefficient (Wildman–Crippen LogP) is 4.32. The van der Waals surface area contributed by atoms with E-state index in [1.807, 2.05) is 11.8 Å². The SMILES string of the molecule is CC1CN(c2cc(Oc3ccc(F)cc3Cl)ncn2)CCN1C(=O)c1ccc([N+](=O)[O-])cc1. The van der Waals surface area contributed by atoms with Crippen LogP contribution in [0.25, 0.3) is 0 Å². The van der Waals surface area contributed by atoms with Crippen molar-refractivity contribution in [3.63, 3.8) is 0 Å². The van der Waals surface area contributed by atoms with Gasteiger partial charge in [-0.1, -0.05) is 11.6 Å². The molecule has 3 aromatic rings. The largest absolute Gasteiger partial charge is 0.437 e. The molecule has 1 atom stereocenters. The fourth-order valence-corrected chi connectivity index (χ4v) is 3.79. The molecule has 0 N–H and O–H groups in total. The van der Waals surface area contributed by atoms with Gasteiger partial charge < -0.3 is 14.5 Å². The molecule has 11 heteroatoms. The summed E-state index contributed by atoms with van der Waals surface area (Å²) in [4.78, 5) is 35.4. The Bertz CT molecular complexity index is 1190. The Balaban J connectivity index is 1.43. The first-order chi connectivity index (χ1) is 15.8. The number of piperazine rings is 1. The number of hydrogen-bond donors (Lipinski definition) is 0. The normalized spacial score (nSPS) is 15.9. The first kappa shape index (κ1) is 22.4. The van der Waals surface area contributed by atoms with Crippen molar-refractivity contribution in [1.82, 2.24) is 14.9 Å². The molecular weight excluding hydrogens is 453 g/mol. The lowest BCUT2D eigenvalue weighted by molar-refractivity contribution is -0.384. The van der Waals surface area contributed by atoms with Gasteiger partial charge in [0.15, 0.2) is 0 Å². The van der Waals surface area contributed by atoms with Crippen molar-refractivity contribution in [2.45, 2.75) is 13.0 Å². The molecule has 1 fully saturated rings. The third-order valence-corrected chi connectivity index (χ3v) is 5.57. The molecule has 170 valence electrons. The number of nitro benzene ring substituents is 1. The van der Waals surface area contributed by atoms with Crippen LogP contribution in [0.4, 0.5) is 15.9 Å². The summed E-state index contributed by atoms with van der Waals surface area (Å²) in [5.74, 6) is 0.494. The molecule has 0 saturated carbocycles. The smallest absolute Gasteiger partial charge is 0.269 e. The van der Waals surface area contributed by atoms with Crippen LogP contribution in [0.5, 0.6) is 11.6 Å². The number of non-ortho nitro benzene ring substituents is 1. The Kier molecular flexibility index (Phi) is 6.36. The van der Waals surface area contributed by atoms with Gasteiger partial charge in [-0.3, -0.25) is 14.9 Å². The third-order valence-electron chi connectivity index (χ3n) is 5.27.